The summed E-state index contributed by atoms with van der Waals surface area (Å²) in [5, 5.41) is 10.7. The summed E-state index contributed by atoms with van der Waals surface area (Å²) >= 11 is 6.01. The molecule has 0 radical (unpaired) electrons. The SMILES string of the molecule is O=C(Nc1cccc(Cl)c1)Nc1cc(-c2ccccc2)nn1-c1nc2c(c(=O)[nH]1)CCCC2. The fourth-order valence-electron chi connectivity index (χ4n) is 3.92. The van der Waals surface area contributed by atoms with Gasteiger partial charge in [0.05, 0.1) is 11.4 Å². The van der Waals surface area contributed by atoms with E-state index in [1.165, 1.54) is 4.68 Å². The lowest BCUT2D eigenvalue weighted by Crippen LogP contribution is -2.25. The Hall–Kier alpha value is -3.91. The van der Waals surface area contributed by atoms with Gasteiger partial charge in [0.25, 0.3) is 5.56 Å². The first-order valence-corrected chi connectivity index (χ1v) is 11.1. The number of benzene rings is 2. The number of carbonyl (C=O) groups is 1. The number of nitrogens with one attached hydrogen (secondary N) is 3. The van der Waals surface area contributed by atoms with Gasteiger partial charge < -0.3 is 5.32 Å². The summed E-state index contributed by atoms with van der Waals surface area (Å²) in [5.74, 6) is 0.633. The highest BCUT2D eigenvalue weighted by molar-refractivity contribution is 6.30. The molecule has 2 amide bonds. The number of hydrogen-bond acceptors (Lipinski definition) is 4. The summed E-state index contributed by atoms with van der Waals surface area (Å²) in [5.41, 5.74) is 3.40. The number of anilines is 2. The molecule has 0 atom stereocenters. The van der Waals surface area contributed by atoms with E-state index in [9.17, 15) is 9.59 Å². The monoisotopic (exact) mass is 460 g/mol. The zero-order chi connectivity index (χ0) is 22.8. The Balaban J connectivity index is 1.53. The zero-order valence-electron chi connectivity index (χ0n) is 17.6. The highest BCUT2D eigenvalue weighted by atomic mass is 35.5. The molecule has 2 aromatic heterocycles. The maximum Gasteiger partial charge on any atom is 0.324 e. The molecule has 9 heteroatoms. The summed E-state index contributed by atoms with van der Waals surface area (Å²) in [7, 11) is 0. The third-order valence-corrected chi connectivity index (χ3v) is 5.72. The molecule has 1 aliphatic rings. The molecule has 0 bridgehead atoms. The largest absolute Gasteiger partial charge is 0.324 e. The second-order valence-corrected chi connectivity index (χ2v) is 8.24. The van der Waals surface area contributed by atoms with Crippen molar-refractivity contribution in [1.82, 2.24) is 19.7 Å². The molecule has 5 rings (SSSR count). The number of rotatable bonds is 4. The number of urea groups is 1. The molecule has 1 aliphatic carbocycles. The minimum atomic E-state index is -0.474. The van der Waals surface area contributed by atoms with E-state index in [2.05, 4.69) is 25.7 Å². The van der Waals surface area contributed by atoms with Crippen molar-refractivity contribution in [2.24, 2.45) is 0 Å². The molecule has 33 heavy (non-hydrogen) atoms. The first kappa shape index (κ1) is 21.0. The number of halogens is 1. The molecule has 2 aromatic carbocycles. The van der Waals surface area contributed by atoms with Gasteiger partial charge in [0, 0.05) is 27.9 Å². The van der Waals surface area contributed by atoms with Crippen molar-refractivity contribution in [3.05, 3.63) is 87.3 Å². The standard InChI is InChI=1S/C24H21ClN6O2/c25-16-9-6-10-17(13-16)26-24(33)28-21-14-20(15-7-2-1-3-8-15)30-31(21)23-27-19-12-5-4-11-18(19)22(32)29-23/h1-3,6-10,13-14H,4-5,11-12H2,(H2,26,28,33)(H,27,29,32). The Morgan fingerprint density at radius 3 is 2.64 bits per heavy atom. The smallest absolute Gasteiger partial charge is 0.308 e. The van der Waals surface area contributed by atoms with E-state index in [0.717, 1.165) is 42.5 Å². The molecular weight excluding hydrogens is 440 g/mol. The second-order valence-electron chi connectivity index (χ2n) is 7.80. The molecule has 166 valence electrons. The van der Waals surface area contributed by atoms with Crippen LogP contribution in [0.4, 0.5) is 16.3 Å². The number of hydrogen-bond donors (Lipinski definition) is 3. The Labute approximate surface area is 194 Å². The molecule has 0 fully saturated rings. The van der Waals surface area contributed by atoms with Gasteiger partial charge in [0.1, 0.15) is 5.82 Å². The van der Waals surface area contributed by atoms with Crippen LogP contribution in [0.2, 0.25) is 5.02 Å². The molecule has 0 spiro atoms. The summed E-state index contributed by atoms with van der Waals surface area (Å²) in [4.78, 5) is 32.9. The van der Waals surface area contributed by atoms with Gasteiger partial charge in [0.2, 0.25) is 5.95 Å². The van der Waals surface area contributed by atoms with Gasteiger partial charge in [-0.2, -0.15) is 9.78 Å². The first-order valence-electron chi connectivity index (χ1n) is 10.7. The molecule has 4 aromatic rings. The maximum absolute atomic E-state index is 12.7. The van der Waals surface area contributed by atoms with Crippen molar-refractivity contribution in [2.45, 2.75) is 25.7 Å². The van der Waals surface area contributed by atoms with Crippen molar-refractivity contribution in [3.63, 3.8) is 0 Å². The first-order chi connectivity index (χ1) is 16.1. The average Bonchev–Trinajstić information content (AvgIpc) is 3.23. The minimum Gasteiger partial charge on any atom is -0.308 e. The molecule has 0 aliphatic heterocycles. The average molecular weight is 461 g/mol. The van der Waals surface area contributed by atoms with Crippen LogP contribution >= 0.6 is 11.6 Å². The van der Waals surface area contributed by atoms with E-state index in [1.807, 2.05) is 30.3 Å². The predicted octanol–water partition coefficient (Wildman–Crippen LogP) is 4.80. The van der Waals surface area contributed by atoms with Crippen LogP contribution in [0.15, 0.2) is 65.5 Å². The summed E-state index contributed by atoms with van der Waals surface area (Å²) in [6.07, 6.45) is 3.44. The van der Waals surface area contributed by atoms with Crippen LogP contribution in [-0.4, -0.2) is 25.8 Å². The zero-order valence-corrected chi connectivity index (χ0v) is 18.4. The number of carbonyl (C=O) groups excluding carboxylic acids is 1. The number of nitrogens with zero attached hydrogens (tertiary/aromatic N) is 3. The van der Waals surface area contributed by atoms with E-state index in [1.54, 1.807) is 30.3 Å². The number of H-pyrrole nitrogens is 1. The van der Waals surface area contributed by atoms with Gasteiger partial charge in [0.15, 0.2) is 0 Å². The Kier molecular flexibility index (Phi) is 5.66. The maximum atomic E-state index is 12.7. The van der Waals surface area contributed by atoms with Crippen molar-refractivity contribution >= 4 is 29.1 Å². The molecule has 8 nitrogen and oxygen atoms in total. The summed E-state index contributed by atoms with van der Waals surface area (Å²) in [6, 6.07) is 17.7. The molecule has 0 saturated carbocycles. The van der Waals surface area contributed by atoms with Gasteiger partial charge in [-0.15, -0.1) is 0 Å². The minimum absolute atomic E-state index is 0.166. The van der Waals surface area contributed by atoms with E-state index in [0.29, 0.717) is 22.2 Å². The number of aryl methyl sites for hydroxylation is 1. The fourth-order valence-corrected chi connectivity index (χ4v) is 4.11. The van der Waals surface area contributed by atoms with E-state index in [-0.39, 0.29) is 11.5 Å². The van der Waals surface area contributed by atoms with Crippen LogP contribution in [0.5, 0.6) is 0 Å². The number of aromatic nitrogens is 4. The highest BCUT2D eigenvalue weighted by Gasteiger charge is 2.20. The van der Waals surface area contributed by atoms with Crippen LogP contribution in [0.25, 0.3) is 17.2 Å². The van der Waals surface area contributed by atoms with E-state index in [4.69, 9.17) is 11.6 Å². The Bertz CT molecular complexity index is 1380. The molecule has 3 N–H and O–H groups in total. The van der Waals surface area contributed by atoms with Crippen molar-refractivity contribution in [3.8, 4) is 17.2 Å². The highest BCUT2D eigenvalue weighted by Crippen LogP contribution is 2.25. The van der Waals surface area contributed by atoms with Crippen LogP contribution < -0.4 is 16.2 Å². The van der Waals surface area contributed by atoms with Gasteiger partial charge in [-0.1, -0.05) is 48.0 Å². The van der Waals surface area contributed by atoms with E-state index < -0.39 is 6.03 Å². The molecule has 2 heterocycles. The van der Waals surface area contributed by atoms with Gasteiger partial charge in [-0.25, -0.2) is 9.78 Å². The van der Waals surface area contributed by atoms with Gasteiger partial charge >= 0.3 is 6.03 Å². The third kappa shape index (κ3) is 4.51. The quantitative estimate of drug-likeness (QED) is 0.407. The molecule has 0 saturated heterocycles. The van der Waals surface area contributed by atoms with Crippen molar-refractivity contribution in [2.75, 3.05) is 10.6 Å². The van der Waals surface area contributed by atoms with Gasteiger partial charge in [-0.3, -0.25) is 15.1 Å². The normalized spacial score (nSPS) is 12.8. The number of amides is 2. The topological polar surface area (TPSA) is 105 Å². The molecule has 0 unspecified atom stereocenters. The molecular formula is C24H21ClN6O2. The van der Waals surface area contributed by atoms with Crippen LogP contribution in [-0.2, 0) is 12.8 Å². The van der Waals surface area contributed by atoms with Crippen LogP contribution in [0.3, 0.4) is 0 Å². The predicted molar refractivity (Wildman–Crippen MR) is 128 cm³/mol. The van der Waals surface area contributed by atoms with Crippen LogP contribution in [0, 0.1) is 0 Å². The summed E-state index contributed by atoms with van der Waals surface area (Å²) < 4.78 is 1.45. The number of aromatic amines is 1. The van der Waals surface area contributed by atoms with Gasteiger partial charge in [-0.05, 0) is 43.9 Å². The fraction of sp³-hybridized carbons (Fsp3) is 0.167. The van der Waals surface area contributed by atoms with Crippen molar-refractivity contribution in [1.29, 1.82) is 0 Å². The Morgan fingerprint density at radius 1 is 1.00 bits per heavy atom. The van der Waals surface area contributed by atoms with Crippen LogP contribution in [0.1, 0.15) is 24.1 Å². The lowest BCUT2D eigenvalue weighted by Gasteiger charge is -2.15. The van der Waals surface area contributed by atoms with E-state index >= 15 is 0 Å². The second kappa shape index (κ2) is 8.91. The number of fused-ring (bicyclic) bond motifs is 1. The lowest BCUT2D eigenvalue weighted by molar-refractivity contribution is 0.262. The Morgan fingerprint density at radius 2 is 1.82 bits per heavy atom. The van der Waals surface area contributed by atoms with Crippen molar-refractivity contribution < 1.29 is 4.79 Å². The third-order valence-electron chi connectivity index (χ3n) is 5.48. The lowest BCUT2D eigenvalue weighted by atomic mass is 9.97. The summed E-state index contributed by atoms with van der Waals surface area (Å²) in [6.45, 7) is 0.